The second-order valence-electron chi connectivity index (χ2n) is 8.74. The average molecular weight is 278 g/mol. The Balaban J connectivity index is 1.40. The van der Waals surface area contributed by atoms with Gasteiger partial charge in [0, 0.05) is 12.6 Å². The summed E-state index contributed by atoms with van der Waals surface area (Å²) in [6.07, 6.45) is 8.70. The summed E-state index contributed by atoms with van der Waals surface area (Å²) < 4.78 is 0. The first-order chi connectivity index (χ1) is 9.52. The van der Waals surface area contributed by atoms with E-state index >= 15 is 0 Å². The summed E-state index contributed by atoms with van der Waals surface area (Å²) >= 11 is 0. The van der Waals surface area contributed by atoms with Crippen molar-refractivity contribution < 1.29 is 0 Å². The lowest BCUT2D eigenvalue weighted by Gasteiger charge is -2.46. The molecule has 3 saturated heterocycles. The molecule has 1 saturated carbocycles. The van der Waals surface area contributed by atoms with E-state index in [4.69, 9.17) is 0 Å². The minimum atomic E-state index is 0.522. The van der Waals surface area contributed by atoms with E-state index in [9.17, 15) is 0 Å². The molecule has 4 fully saturated rings. The number of fused-ring (bicyclic) bond motifs is 3. The van der Waals surface area contributed by atoms with Crippen molar-refractivity contribution in [2.75, 3.05) is 26.2 Å². The maximum Gasteiger partial charge on any atom is 0.0224 e. The Morgan fingerprint density at radius 1 is 0.950 bits per heavy atom. The van der Waals surface area contributed by atoms with Gasteiger partial charge in [0.1, 0.15) is 0 Å². The SMILES string of the molecule is CC(C)(C)C1CCC(CNC2CN3CCC2CC3)CC1. The zero-order chi connectivity index (χ0) is 14.2. The Bertz CT molecular complexity index is 304. The molecule has 0 spiro atoms. The van der Waals surface area contributed by atoms with Crippen LogP contribution < -0.4 is 5.32 Å². The van der Waals surface area contributed by atoms with Gasteiger partial charge >= 0.3 is 0 Å². The predicted octanol–water partition coefficient (Wildman–Crippen LogP) is 3.52. The smallest absolute Gasteiger partial charge is 0.0224 e. The molecule has 116 valence electrons. The molecule has 4 rings (SSSR count). The van der Waals surface area contributed by atoms with Crippen molar-refractivity contribution in [3.63, 3.8) is 0 Å². The number of nitrogens with zero attached hydrogens (tertiary/aromatic N) is 1. The predicted molar refractivity (Wildman–Crippen MR) is 85.9 cm³/mol. The average Bonchev–Trinajstić information content (AvgIpc) is 2.46. The first-order valence-electron chi connectivity index (χ1n) is 8.98. The van der Waals surface area contributed by atoms with Crippen molar-refractivity contribution in [2.45, 2.75) is 65.3 Å². The largest absolute Gasteiger partial charge is 0.312 e. The Kier molecular flexibility index (Phi) is 4.42. The standard InChI is InChI=1S/C18H34N2/c1-18(2,3)16-6-4-14(5-7-16)12-19-17-13-20-10-8-15(17)9-11-20/h14-17,19H,4-13H2,1-3H3. The van der Waals surface area contributed by atoms with Crippen molar-refractivity contribution in [1.82, 2.24) is 10.2 Å². The summed E-state index contributed by atoms with van der Waals surface area (Å²) in [6.45, 7) is 12.6. The maximum absolute atomic E-state index is 3.93. The van der Waals surface area contributed by atoms with Crippen LogP contribution in [0.15, 0.2) is 0 Å². The van der Waals surface area contributed by atoms with E-state index in [0.29, 0.717) is 5.41 Å². The molecule has 1 atom stereocenters. The molecule has 3 heterocycles. The molecular weight excluding hydrogens is 244 g/mol. The molecule has 2 bridgehead atoms. The third-order valence-electron chi connectivity index (χ3n) is 6.40. The summed E-state index contributed by atoms with van der Waals surface area (Å²) in [4.78, 5) is 2.66. The maximum atomic E-state index is 3.93. The van der Waals surface area contributed by atoms with Crippen LogP contribution in [0.5, 0.6) is 0 Å². The van der Waals surface area contributed by atoms with E-state index in [1.54, 1.807) is 0 Å². The molecule has 2 heteroatoms. The molecular formula is C18H34N2. The van der Waals surface area contributed by atoms with Crippen molar-refractivity contribution in [3.8, 4) is 0 Å². The number of rotatable bonds is 3. The number of hydrogen-bond donors (Lipinski definition) is 1. The van der Waals surface area contributed by atoms with Gasteiger partial charge in [-0.25, -0.2) is 0 Å². The van der Waals surface area contributed by atoms with Crippen LogP contribution in [-0.2, 0) is 0 Å². The second-order valence-corrected chi connectivity index (χ2v) is 8.74. The fourth-order valence-electron chi connectivity index (χ4n) is 4.75. The van der Waals surface area contributed by atoms with Gasteiger partial charge in [0.15, 0.2) is 0 Å². The van der Waals surface area contributed by atoms with Crippen LogP contribution in [0, 0.1) is 23.2 Å². The molecule has 0 amide bonds. The molecule has 1 aliphatic carbocycles. The van der Waals surface area contributed by atoms with Gasteiger partial charge in [0.05, 0.1) is 0 Å². The summed E-state index contributed by atoms with van der Waals surface area (Å²) in [6, 6.07) is 0.804. The Hall–Kier alpha value is -0.0800. The molecule has 0 aromatic carbocycles. The molecule has 1 unspecified atom stereocenters. The number of hydrogen-bond acceptors (Lipinski definition) is 2. The normalized spacial score (nSPS) is 41.9. The van der Waals surface area contributed by atoms with E-state index in [2.05, 4.69) is 31.0 Å². The first-order valence-corrected chi connectivity index (χ1v) is 8.98. The third kappa shape index (κ3) is 3.39. The van der Waals surface area contributed by atoms with Crippen LogP contribution in [0.1, 0.15) is 59.3 Å². The lowest BCUT2D eigenvalue weighted by molar-refractivity contribution is 0.0674. The van der Waals surface area contributed by atoms with Gasteiger partial charge in [-0.05, 0) is 81.3 Å². The summed E-state index contributed by atoms with van der Waals surface area (Å²) in [7, 11) is 0. The van der Waals surface area contributed by atoms with Crippen LogP contribution in [-0.4, -0.2) is 37.1 Å². The van der Waals surface area contributed by atoms with Crippen molar-refractivity contribution in [1.29, 1.82) is 0 Å². The van der Waals surface area contributed by atoms with Crippen LogP contribution in [0.4, 0.5) is 0 Å². The molecule has 0 aromatic heterocycles. The lowest BCUT2D eigenvalue weighted by Crippen LogP contribution is -2.56. The van der Waals surface area contributed by atoms with Gasteiger partial charge in [-0.3, -0.25) is 0 Å². The van der Waals surface area contributed by atoms with Crippen molar-refractivity contribution >= 4 is 0 Å². The van der Waals surface area contributed by atoms with Crippen molar-refractivity contribution in [2.24, 2.45) is 23.2 Å². The molecule has 3 aliphatic heterocycles. The second kappa shape index (κ2) is 5.96. The van der Waals surface area contributed by atoms with E-state index in [1.165, 1.54) is 64.7 Å². The van der Waals surface area contributed by atoms with E-state index in [-0.39, 0.29) is 0 Å². The van der Waals surface area contributed by atoms with Gasteiger partial charge in [-0.1, -0.05) is 20.8 Å². The monoisotopic (exact) mass is 278 g/mol. The van der Waals surface area contributed by atoms with Gasteiger partial charge in [-0.2, -0.15) is 0 Å². The van der Waals surface area contributed by atoms with Gasteiger partial charge < -0.3 is 10.2 Å². The van der Waals surface area contributed by atoms with Gasteiger partial charge in [-0.15, -0.1) is 0 Å². The zero-order valence-electron chi connectivity index (χ0n) is 13.8. The molecule has 0 radical (unpaired) electrons. The van der Waals surface area contributed by atoms with E-state index in [0.717, 1.165) is 23.8 Å². The minimum absolute atomic E-state index is 0.522. The van der Waals surface area contributed by atoms with Gasteiger partial charge in [0.25, 0.3) is 0 Å². The minimum Gasteiger partial charge on any atom is -0.312 e. The van der Waals surface area contributed by atoms with Crippen LogP contribution >= 0.6 is 0 Å². The Morgan fingerprint density at radius 2 is 1.60 bits per heavy atom. The third-order valence-corrected chi connectivity index (χ3v) is 6.40. The van der Waals surface area contributed by atoms with Crippen LogP contribution in [0.25, 0.3) is 0 Å². The van der Waals surface area contributed by atoms with E-state index in [1.807, 2.05) is 0 Å². The molecule has 1 N–H and O–H groups in total. The lowest BCUT2D eigenvalue weighted by atomic mass is 9.70. The molecule has 4 aliphatic rings. The van der Waals surface area contributed by atoms with Gasteiger partial charge in [0.2, 0.25) is 0 Å². The molecule has 20 heavy (non-hydrogen) atoms. The highest BCUT2D eigenvalue weighted by Gasteiger charge is 2.35. The molecule has 0 aromatic rings. The zero-order valence-corrected chi connectivity index (χ0v) is 13.8. The first kappa shape index (κ1) is 14.8. The van der Waals surface area contributed by atoms with Crippen LogP contribution in [0.3, 0.4) is 0 Å². The molecule has 2 nitrogen and oxygen atoms in total. The number of piperidine rings is 3. The summed E-state index contributed by atoms with van der Waals surface area (Å²) in [5.74, 6) is 2.88. The summed E-state index contributed by atoms with van der Waals surface area (Å²) in [5.41, 5.74) is 0.522. The topological polar surface area (TPSA) is 15.3 Å². The highest BCUT2D eigenvalue weighted by molar-refractivity contribution is 4.91. The fourth-order valence-corrected chi connectivity index (χ4v) is 4.75. The van der Waals surface area contributed by atoms with Crippen LogP contribution in [0.2, 0.25) is 0 Å². The summed E-state index contributed by atoms with van der Waals surface area (Å²) in [5, 5.41) is 3.93. The number of nitrogens with one attached hydrogen (secondary N) is 1. The highest BCUT2D eigenvalue weighted by atomic mass is 15.2. The fraction of sp³-hybridized carbons (Fsp3) is 1.00. The van der Waals surface area contributed by atoms with Crippen molar-refractivity contribution in [3.05, 3.63) is 0 Å². The Morgan fingerprint density at radius 3 is 2.10 bits per heavy atom. The quantitative estimate of drug-likeness (QED) is 0.849. The Labute approximate surface area is 125 Å². The highest BCUT2D eigenvalue weighted by Crippen LogP contribution is 2.39. The van der Waals surface area contributed by atoms with E-state index < -0.39 is 0 Å².